The van der Waals surface area contributed by atoms with Crippen LogP contribution in [0.25, 0.3) is 0 Å². The summed E-state index contributed by atoms with van der Waals surface area (Å²) in [6.07, 6.45) is 1.83. The summed E-state index contributed by atoms with van der Waals surface area (Å²) in [6, 6.07) is 5.78. The number of hydrogen-bond donors (Lipinski definition) is 0. The monoisotopic (exact) mass is 287 g/mol. The molecular weight excluding hydrogens is 266 g/mol. The van der Waals surface area contributed by atoms with Crippen LogP contribution in [0.4, 0.5) is 0 Å². The minimum Gasteiger partial charge on any atom is -0.493 e. The van der Waals surface area contributed by atoms with Crippen LogP contribution in [0.15, 0.2) is 12.1 Å². The Morgan fingerprint density at radius 3 is 2.90 bits per heavy atom. The molecule has 0 fully saturated rings. The lowest BCUT2D eigenvalue weighted by molar-refractivity contribution is 0.0914. The molecule has 2 rings (SSSR count). The topological polar surface area (TPSA) is 59.3 Å². The van der Waals surface area contributed by atoms with Crippen molar-refractivity contribution in [3.05, 3.63) is 23.3 Å². The van der Waals surface area contributed by atoms with E-state index in [1.165, 1.54) is 0 Å². The lowest BCUT2D eigenvalue weighted by atomic mass is 9.91. The molecule has 4 heteroatoms. The van der Waals surface area contributed by atoms with E-state index >= 15 is 0 Å². The number of benzene rings is 1. The Kier molecular flexibility index (Phi) is 4.85. The molecule has 1 aliphatic rings. The highest BCUT2D eigenvalue weighted by molar-refractivity contribution is 6.01. The number of hydrogen-bond acceptors (Lipinski definition) is 4. The second kappa shape index (κ2) is 6.62. The van der Waals surface area contributed by atoms with Crippen molar-refractivity contribution in [1.29, 1.82) is 5.26 Å². The van der Waals surface area contributed by atoms with Crippen LogP contribution in [0, 0.1) is 17.2 Å². The molecule has 4 nitrogen and oxygen atoms in total. The van der Waals surface area contributed by atoms with Crippen LogP contribution in [0.1, 0.15) is 49.5 Å². The molecule has 2 unspecified atom stereocenters. The van der Waals surface area contributed by atoms with Gasteiger partial charge in [0.05, 0.1) is 18.2 Å². The van der Waals surface area contributed by atoms with Gasteiger partial charge in [0.25, 0.3) is 0 Å². The van der Waals surface area contributed by atoms with Crippen LogP contribution in [-0.2, 0) is 6.42 Å². The molecule has 0 saturated heterocycles. The smallest absolute Gasteiger partial charge is 0.170 e. The molecule has 21 heavy (non-hydrogen) atoms. The van der Waals surface area contributed by atoms with Gasteiger partial charge in [-0.15, -0.1) is 0 Å². The van der Waals surface area contributed by atoms with E-state index in [0.717, 1.165) is 17.7 Å². The van der Waals surface area contributed by atoms with Gasteiger partial charge in [-0.05, 0) is 32.4 Å². The lowest BCUT2D eigenvalue weighted by Gasteiger charge is -2.15. The molecule has 1 aromatic carbocycles. The quantitative estimate of drug-likeness (QED) is 0.751. The number of fused-ring (bicyclic) bond motifs is 1. The zero-order valence-corrected chi connectivity index (χ0v) is 12.8. The third-order valence-corrected chi connectivity index (χ3v) is 3.76. The number of nitrogens with zero attached hydrogens (tertiary/aromatic N) is 1. The highest BCUT2D eigenvalue weighted by Crippen LogP contribution is 2.36. The summed E-state index contributed by atoms with van der Waals surface area (Å²) >= 11 is 0. The zero-order valence-electron chi connectivity index (χ0n) is 12.8. The predicted octanol–water partition coefficient (Wildman–Crippen LogP) is 3.53. The Balaban J connectivity index is 2.40. The summed E-state index contributed by atoms with van der Waals surface area (Å²) in [7, 11) is 0. The molecule has 0 radical (unpaired) electrons. The van der Waals surface area contributed by atoms with Crippen LogP contribution in [0.2, 0.25) is 0 Å². The first kappa shape index (κ1) is 15.4. The number of rotatable bonds is 6. The molecule has 0 amide bonds. The second-order valence-electron chi connectivity index (χ2n) is 5.35. The van der Waals surface area contributed by atoms with Crippen molar-refractivity contribution in [2.45, 2.75) is 46.1 Å². The van der Waals surface area contributed by atoms with Gasteiger partial charge in [-0.1, -0.05) is 6.92 Å². The van der Waals surface area contributed by atoms with Crippen molar-refractivity contribution in [3.8, 4) is 17.6 Å². The first-order chi connectivity index (χ1) is 10.1. The minimum absolute atomic E-state index is 0.0338. The van der Waals surface area contributed by atoms with Gasteiger partial charge in [0, 0.05) is 24.3 Å². The van der Waals surface area contributed by atoms with Gasteiger partial charge in [-0.2, -0.15) is 5.26 Å². The van der Waals surface area contributed by atoms with Gasteiger partial charge in [0.15, 0.2) is 5.78 Å². The maximum atomic E-state index is 12.7. The molecule has 0 aliphatic carbocycles. The van der Waals surface area contributed by atoms with E-state index in [9.17, 15) is 4.79 Å². The molecule has 1 aromatic rings. The number of carbonyl (C=O) groups is 1. The molecule has 0 aromatic heterocycles. The Morgan fingerprint density at radius 2 is 2.29 bits per heavy atom. The van der Waals surface area contributed by atoms with E-state index in [4.69, 9.17) is 14.7 Å². The van der Waals surface area contributed by atoms with Crippen LogP contribution in [0.5, 0.6) is 11.5 Å². The Morgan fingerprint density at radius 1 is 1.52 bits per heavy atom. The Bertz CT molecular complexity index is 574. The average Bonchev–Trinajstić information content (AvgIpc) is 2.82. The Hall–Kier alpha value is -2.02. The lowest BCUT2D eigenvalue weighted by Crippen LogP contribution is -2.15. The van der Waals surface area contributed by atoms with Crippen molar-refractivity contribution >= 4 is 5.78 Å². The summed E-state index contributed by atoms with van der Waals surface area (Å²) in [6.45, 7) is 6.33. The first-order valence-corrected chi connectivity index (χ1v) is 7.48. The fourth-order valence-electron chi connectivity index (χ4n) is 2.66. The van der Waals surface area contributed by atoms with Gasteiger partial charge in [-0.25, -0.2) is 0 Å². The molecule has 0 N–H and O–H groups in total. The SMILES string of the molecule is CCOc1cc2c(cc1C(=O)C(CC)CC#N)OC(C)C2. The molecule has 0 bridgehead atoms. The zero-order chi connectivity index (χ0) is 15.4. The molecule has 0 spiro atoms. The maximum Gasteiger partial charge on any atom is 0.170 e. The average molecular weight is 287 g/mol. The standard InChI is InChI=1S/C17H21NO3/c1-4-12(6-7-18)17(19)14-10-15-13(8-11(3)21-15)9-16(14)20-5-2/h9-12H,4-6,8H2,1-3H3. The fourth-order valence-corrected chi connectivity index (χ4v) is 2.66. The molecule has 0 saturated carbocycles. The van der Waals surface area contributed by atoms with Crippen LogP contribution < -0.4 is 9.47 Å². The van der Waals surface area contributed by atoms with Crippen molar-refractivity contribution < 1.29 is 14.3 Å². The van der Waals surface area contributed by atoms with Crippen molar-refractivity contribution in [3.63, 3.8) is 0 Å². The van der Waals surface area contributed by atoms with Crippen molar-refractivity contribution in [2.24, 2.45) is 5.92 Å². The fraction of sp³-hybridized carbons (Fsp3) is 0.529. The van der Waals surface area contributed by atoms with Crippen LogP contribution >= 0.6 is 0 Å². The second-order valence-corrected chi connectivity index (χ2v) is 5.35. The minimum atomic E-state index is -0.286. The molecule has 1 heterocycles. The summed E-state index contributed by atoms with van der Waals surface area (Å²) in [5.41, 5.74) is 1.61. The largest absolute Gasteiger partial charge is 0.493 e. The molecule has 2 atom stereocenters. The summed E-state index contributed by atoms with van der Waals surface area (Å²) in [4.78, 5) is 12.7. The normalized spacial score (nSPS) is 17.5. The van der Waals surface area contributed by atoms with Crippen LogP contribution in [-0.4, -0.2) is 18.5 Å². The summed E-state index contributed by atoms with van der Waals surface area (Å²) < 4.78 is 11.4. The van der Waals surface area contributed by atoms with E-state index < -0.39 is 0 Å². The summed E-state index contributed by atoms with van der Waals surface area (Å²) in [5.74, 6) is 1.05. The van der Waals surface area contributed by atoms with Crippen molar-refractivity contribution in [2.75, 3.05) is 6.61 Å². The Labute approximate surface area is 125 Å². The van der Waals surface area contributed by atoms with Gasteiger partial charge in [-0.3, -0.25) is 4.79 Å². The van der Waals surface area contributed by atoms with E-state index in [1.807, 2.05) is 26.8 Å². The number of carbonyl (C=O) groups excluding carboxylic acids is 1. The molecule has 112 valence electrons. The predicted molar refractivity (Wildman–Crippen MR) is 79.7 cm³/mol. The van der Waals surface area contributed by atoms with Gasteiger partial charge in [0.1, 0.15) is 17.6 Å². The van der Waals surface area contributed by atoms with E-state index in [-0.39, 0.29) is 24.2 Å². The number of ether oxygens (including phenoxy) is 2. The molecular formula is C17H21NO3. The third kappa shape index (κ3) is 3.18. The number of nitriles is 1. The van der Waals surface area contributed by atoms with E-state index in [2.05, 4.69) is 6.07 Å². The highest BCUT2D eigenvalue weighted by Gasteiger charge is 2.27. The van der Waals surface area contributed by atoms with Gasteiger partial charge >= 0.3 is 0 Å². The number of Topliss-reactive ketones (excluding diaryl/α,β-unsaturated/α-hetero) is 1. The van der Waals surface area contributed by atoms with Crippen molar-refractivity contribution in [1.82, 2.24) is 0 Å². The number of ketones is 1. The van der Waals surface area contributed by atoms with E-state index in [1.54, 1.807) is 6.07 Å². The third-order valence-electron chi connectivity index (χ3n) is 3.76. The van der Waals surface area contributed by atoms with Gasteiger partial charge in [0.2, 0.25) is 0 Å². The maximum absolute atomic E-state index is 12.7. The molecule has 1 aliphatic heterocycles. The van der Waals surface area contributed by atoms with Gasteiger partial charge < -0.3 is 9.47 Å². The highest BCUT2D eigenvalue weighted by atomic mass is 16.5. The van der Waals surface area contributed by atoms with Crippen LogP contribution in [0.3, 0.4) is 0 Å². The summed E-state index contributed by atoms with van der Waals surface area (Å²) in [5, 5.41) is 8.87. The first-order valence-electron chi connectivity index (χ1n) is 7.48. The van der Waals surface area contributed by atoms with E-state index in [0.29, 0.717) is 24.3 Å².